The van der Waals surface area contributed by atoms with Crippen LogP contribution in [-0.2, 0) is 16.0 Å². The molecule has 0 saturated carbocycles. The fourth-order valence-electron chi connectivity index (χ4n) is 0.977. The van der Waals surface area contributed by atoms with E-state index in [9.17, 15) is 4.79 Å². The molecule has 14 heavy (non-hydrogen) atoms. The summed E-state index contributed by atoms with van der Waals surface area (Å²) in [5, 5.41) is 0. The van der Waals surface area contributed by atoms with Crippen LogP contribution in [0.15, 0.2) is 30.3 Å². The average molecular weight is 233 g/mol. The first kappa shape index (κ1) is 11.3. The van der Waals surface area contributed by atoms with Crippen LogP contribution in [-0.4, -0.2) is 17.4 Å². The van der Waals surface area contributed by atoms with Crippen LogP contribution in [0.1, 0.15) is 5.56 Å². The smallest absolute Gasteiger partial charge is 0.339 e. The van der Waals surface area contributed by atoms with Gasteiger partial charge in [0, 0.05) is 6.42 Å². The first-order valence-corrected chi connectivity index (χ1v) is 5.06. The lowest BCUT2D eigenvalue weighted by Gasteiger charge is -2.04. The van der Waals surface area contributed by atoms with E-state index in [0.29, 0.717) is 13.0 Å². The largest absolute Gasteiger partial charge is 0.463 e. The van der Waals surface area contributed by atoms with Crippen molar-refractivity contribution in [3.05, 3.63) is 35.9 Å². The van der Waals surface area contributed by atoms with Gasteiger partial charge in [-0.25, -0.2) is 4.79 Å². The molecule has 0 bridgehead atoms. The van der Waals surface area contributed by atoms with Crippen LogP contribution in [0.3, 0.4) is 0 Å². The predicted octanol–water partition coefficient (Wildman–Crippen LogP) is 2.58. The Bertz CT molecular complexity index is 285. The first-order valence-electron chi connectivity index (χ1n) is 4.19. The van der Waals surface area contributed by atoms with Gasteiger partial charge in [-0.05, 0) is 5.56 Å². The number of hydrogen-bond donors (Lipinski definition) is 0. The third-order valence-electron chi connectivity index (χ3n) is 1.66. The normalized spacial score (nSPS) is 10.2. The number of benzene rings is 1. The highest BCUT2D eigenvalue weighted by Gasteiger charge is 2.11. The van der Waals surface area contributed by atoms with Gasteiger partial charge >= 0.3 is 5.97 Å². The van der Waals surface area contributed by atoms with Crippen molar-refractivity contribution in [3.63, 3.8) is 0 Å². The zero-order valence-electron chi connectivity index (χ0n) is 7.45. The summed E-state index contributed by atoms with van der Waals surface area (Å²) in [4.78, 5) is 9.76. The Hall–Kier alpha value is -0.730. The quantitative estimate of drug-likeness (QED) is 0.590. The molecule has 1 aromatic rings. The lowest BCUT2D eigenvalue weighted by Crippen LogP contribution is -2.14. The van der Waals surface area contributed by atoms with E-state index in [1.165, 1.54) is 0 Å². The van der Waals surface area contributed by atoms with Gasteiger partial charge in [0.1, 0.15) is 0 Å². The zero-order chi connectivity index (χ0) is 10.4. The minimum absolute atomic E-state index is 0.304. The van der Waals surface area contributed by atoms with Crippen molar-refractivity contribution >= 4 is 29.2 Å². The highest BCUT2D eigenvalue weighted by Crippen LogP contribution is 2.05. The van der Waals surface area contributed by atoms with Gasteiger partial charge in [-0.2, -0.15) is 0 Å². The van der Waals surface area contributed by atoms with Crippen molar-refractivity contribution in [3.8, 4) is 0 Å². The van der Waals surface area contributed by atoms with E-state index in [4.69, 9.17) is 27.9 Å². The van der Waals surface area contributed by atoms with Crippen molar-refractivity contribution in [1.82, 2.24) is 0 Å². The summed E-state index contributed by atoms with van der Waals surface area (Å²) < 4.78 is 4.80. The molecule has 0 heterocycles. The molecular weight excluding hydrogens is 223 g/mol. The monoisotopic (exact) mass is 232 g/mol. The Kier molecular flexibility index (Phi) is 4.77. The summed E-state index contributed by atoms with van der Waals surface area (Å²) in [6.07, 6.45) is 0.674. The molecule has 1 aromatic carbocycles. The molecule has 76 valence electrons. The number of halogens is 2. The van der Waals surface area contributed by atoms with E-state index in [2.05, 4.69) is 0 Å². The molecule has 0 radical (unpaired) electrons. The van der Waals surface area contributed by atoms with E-state index < -0.39 is 10.8 Å². The first-order chi connectivity index (χ1) is 6.70. The lowest BCUT2D eigenvalue weighted by molar-refractivity contribution is -0.141. The number of hydrogen-bond acceptors (Lipinski definition) is 2. The molecule has 0 amide bonds. The van der Waals surface area contributed by atoms with Gasteiger partial charge in [-0.3, -0.25) is 0 Å². The van der Waals surface area contributed by atoms with Crippen LogP contribution in [0.5, 0.6) is 0 Å². The number of rotatable bonds is 4. The summed E-state index contributed by atoms with van der Waals surface area (Å²) >= 11 is 10.6. The fourth-order valence-corrected chi connectivity index (χ4v) is 1.10. The minimum atomic E-state index is -1.09. The zero-order valence-corrected chi connectivity index (χ0v) is 8.96. The van der Waals surface area contributed by atoms with E-state index in [-0.39, 0.29) is 0 Å². The molecule has 0 fully saturated rings. The van der Waals surface area contributed by atoms with Crippen LogP contribution in [0.2, 0.25) is 0 Å². The van der Waals surface area contributed by atoms with Gasteiger partial charge in [-0.1, -0.05) is 53.5 Å². The van der Waals surface area contributed by atoms with Gasteiger partial charge in [-0.15, -0.1) is 0 Å². The average Bonchev–Trinajstić information content (AvgIpc) is 2.19. The van der Waals surface area contributed by atoms with Crippen molar-refractivity contribution < 1.29 is 9.53 Å². The fraction of sp³-hybridized carbons (Fsp3) is 0.300. The summed E-state index contributed by atoms with van der Waals surface area (Å²) in [6.45, 7) is 0.304. The number of alkyl halides is 2. The minimum Gasteiger partial charge on any atom is -0.463 e. The maximum atomic E-state index is 10.8. The molecule has 0 saturated heterocycles. The molecule has 4 heteroatoms. The Morgan fingerprint density at radius 2 is 1.93 bits per heavy atom. The standard InChI is InChI=1S/C10H10Cl2O2/c11-9(12)10(13)14-7-6-8-4-2-1-3-5-8/h1-5,9H,6-7H2. The molecule has 0 aliphatic heterocycles. The van der Waals surface area contributed by atoms with Gasteiger partial charge in [0.15, 0.2) is 0 Å². The number of carbonyl (C=O) groups excluding carboxylic acids is 1. The van der Waals surface area contributed by atoms with Gasteiger partial charge in [0.25, 0.3) is 0 Å². The van der Waals surface area contributed by atoms with Crippen molar-refractivity contribution in [2.24, 2.45) is 0 Å². The summed E-state index contributed by atoms with van der Waals surface area (Å²) in [5.74, 6) is -0.593. The maximum Gasteiger partial charge on any atom is 0.339 e. The molecule has 1 rings (SSSR count). The molecule has 0 aliphatic rings. The van der Waals surface area contributed by atoms with Crippen molar-refractivity contribution in [2.45, 2.75) is 11.3 Å². The number of esters is 1. The summed E-state index contributed by atoms with van der Waals surface area (Å²) in [6, 6.07) is 9.73. The topological polar surface area (TPSA) is 26.3 Å². The van der Waals surface area contributed by atoms with E-state index in [0.717, 1.165) is 5.56 Å². The van der Waals surface area contributed by atoms with E-state index in [1.54, 1.807) is 0 Å². The highest BCUT2D eigenvalue weighted by molar-refractivity contribution is 6.52. The number of carbonyl (C=O) groups is 1. The van der Waals surface area contributed by atoms with Crippen molar-refractivity contribution in [2.75, 3.05) is 6.61 Å². The van der Waals surface area contributed by atoms with Crippen LogP contribution in [0.25, 0.3) is 0 Å². The highest BCUT2D eigenvalue weighted by atomic mass is 35.5. The second-order valence-electron chi connectivity index (χ2n) is 2.70. The van der Waals surface area contributed by atoms with Crippen LogP contribution >= 0.6 is 23.2 Å². The third-order valence-corrected chi connectivity index (χ3v) is 2.01. The molecule has 0 N–H and O–H groups in total. The Morgan fingerprint density at radius 3 is 2.50 bits per heavy atom. The number of ether oxygens (including phenoxy) is 1. The molecule has 0 aliphatic carbocycles. The molecule has 0 unspecified atom stereocenters. The van der Waals surface area contributed by atoms with Gasteiger partial charge in [0.05, 0.1) is 6.61 Å². The Labute approximate surface area is 92.8 Å². The molecular formula is C10H10Cl2O2. The van der Waals surface area contributed by atoms with Crippen LogP contribution in [0.4, 0.5) is 0 Å². The Morgan fingerprint density at radius 1 is 1.29 bits per heavy atom. The Balaban J connectivity index is 2.26. The second kappa shape index (κ2) is 5.89. The molecule has 0 spiro atoms. The molecule has 2 nitrogen and oxygen atoms in total. The van der Waals surface area contributed by atoms with Gasteiger partial charge in [0.2, 0.25) is 4.84 Å². The third kappa shape index (κ3) is 3.99. The summed E-state index contributed by atoms with van der Waals surface area (Å²) in [5.41, 5.74) is 1.11. The van der Waals surface area contributed by atoms with Crippen LogP contribution < -0.4 is 0 Å². The van der Waals surface area contributed by atoms with E-state index >= 15 is 0 Å². The van der Waals surface area contributed by atoms with Gasteiger partial charge < -0.3 is 4.74 Å². The van der Waals surface area contributed by atoms with E-state index in [1.807, 2.05) is 30.3 Å². The lowest BCUT2D eigenvalue weighted by atomic mass is 10.2. The van der Waals surface area contributed by atoms with Crippen molar-refractivity contribution in [1.29, 1.82) is 0 Å². The molecule has 0 atom stereocenters. The summed E-state index contributed by atoms with van der Waals surface area (Å²) in [7, 11) is 0. The SMILES string of the molecule is O=C(OCCc1ccccc1)C(Cl)Cl. The predicted molar refractivity (Wildman–Crippen MR) is 56.6 cm³/mol. The van der Waals surface area contributed by atoms with Crippen LogP contribution in [0, 0.1) is 0 Å². The second-order valence-corrected chi connectivity index (χ2v) is 3.80. The molecule has 0 aromatic heterocycles. The maximum absolute atomic E-state index is 10.8.